The first kappa shape index (κ1) is 16.1. The summed E-state index contributed by atoms with van der Waals surface area (Å²) in [6.45, 7) is 3.82. The summed E-state index contributed by atoms with van der Waals surface area (Å²) in [6.07, 6.45) is 0. The van der Waals surface area contributed by atoms with Crippen LogP contribution in [0.3, 0.4) is 0 Å². The zero-order chi connectivity index (χ0) is 15.9. The molecule has 0 amide bonds. The molecule has 0 aliphatic heterocycles. The van der Waals surface area contributed by atoms with Crippen LogP contribution in [-0.4, -0.2) is 17.1 Å². The number of benzene rings is 2. The SMILES string of the molecule is Cc1ccc(S[C@@H](C)C(=O)O[NH+]=C(N)c2ccccc2)cc1. The molecular weight excluding hydrogens is 296 g/mol. The lowest BCUT2D eigenvalue weighted by Crippen LogP contribution is -2.76. The van der Waals surface area contributed by atoms with Gasteiger partial charge in [0, 0.05) is 4.90 Å². The van der Waals surface area contributed by atoms with Gasteiger partial charge in [-0.1, -0.05) is 41.1 Å². The molecule has 22 heavy (non-hydrogen) atoms. The van der Waals surface area contributed by atoms with Gasteiger partial charge in [-0.05, 0) is 38.1 Å². The van der Waals surface area contributed by atoms with Crippen molar-refractivity contribution >= 4 is 23.6 Å². The summed E-state index contributed by atoms with van der Waals surface area (Å²) in [5.41, 5.74) is 7.79. The molecule has 0 saturated heterocycles. The van der Waals surface area contributed by atoms with Crippen LogP contribution in [0.4, 0.5) is 0 Å². The molecule has 2 aromatic carbocycles. The van der Waals surface area contributed by atoms with E-state index in [4.69, 9.17) is 10.6 Å². The van der Waals surface area contributed by atoms with Crippen molar-refractivity contribution in [1.29, 1.82) is 0 Å². The minimum Gasteiger partial charge on any atom is -0.284 e. The summed E-state index contributed by atoms with van der Waals surface area (Å²) in [5.74, 6) is -0.0639. The van der Waals surface area contributed by atoms with Crippen LogP contribution in [0.25, 0.3) is 0 Å². The summed E-state index contributed by atoms with van der Waals surface area (Å²) in [5, 5.41) is 2.17. The van der Waals surface area contributed by atoms with E-state index in [1.54, 1.807) is 6.92 Å². The van der Waals surface area contributed by atoms with E-state index in [9.17, 15) is 4.79 Å². The number of nitrogens with two attached hydrogens (primary N) is 1. The molecular formula is C17H19N2O2S+. The summed E-state index contributed by atoms with van der Waals surface area (Å²) >= 11 is 1.44. The minimum absolute atomic E-state index is 0.307. The fourth-order valence-electron chi connectivity index (χ4n) is 1.73. The number of aryl methyl sites for hydroxylation is 1. The van der Waals surface area contributed by atoms with E-state index in [2.05, 4.69) is 5.16 Å². The van der Waals surface area contributed by atoms with Crippen LogP contribution in [0.1, 0.15) is 18.1 Å². The Morgan fingerprint density at radius 1 is 1.14 bits per heavy atom. The van der Waals surface area contributed by atoms with Gasteiger partial charge in [-0.25, -0.2) is 4.79 Å². The fourth-order valence-corrected chi connectivity index (χ4v) is 2.58. The van der Waals surface area contributed by atoms with Gasteiger partial charge in [-0.3, -0.25) is 10.6 Å². The Morgan fingerprint density at radius 3 is 2.41 bits per heavy atom. The van der Waals surface area contributed by atoms with Crippen molar-refractivity contribution < 1.29 is 14.8 Å². The Morgan fingerprint density at radius 2 is 1.77 bits per heavy atom. The van der Waals surface area contributed by atoms with Crippen LogP contribution in [0.5, 0.6) is 0 Å². The molecule has 2 aromatic rings. The molecule has 0 aliphatic rings. The second-order valence-corrected chi connectivity index (χ2v) is 6.29. The summed E-state index contributed by atoms with van der Waals surface area (Å²) in [7, 11) is 0. The number of carbonyl (C=O) groups excluding carboxylic acids is 1. The second kappa shape index (κ2) is 7.66. The first-order valence-electron chi connectivity index (χ1n) is 6.94. The Labute approximate surface area is 134 Å². The van der Waals surface area contributed by atoms with E-state index in [-0.39, 0.29) is 11.2 Å². The molecule has 3 N–H and O–H groups in total. The number of nitrogen functional groups attached to an aromatic ring is 1. The van der Waals surface area contributed by atoms with Gasteiger partial charge in [0.05, 0.1) is 5.56 Å². The van der Waals surface area contributed by atoms with Gasteiger partial charge in [0.2, 0.25) is 0 Å². The smallest absolute Gasteiger partial charge is 0.284 e. The summed E-state index contributed by atoms with van der Waals surface area (Å²) in [6, 6.07) is 17.3. The average molecular weight is 315 g/mol. The van der Waals surface area contributed by atoms with Crippen molar-refractivity contribution in [2.24, 2.45) is 5.73 Å². The average Bonchev–Trinajstić information content (AvgIpc) is 2.55. The molecule has 5 heteroatoms. The number of amidine groups is 1. The highest BCUT2D eigenvalue weighted by molar-refractivity contribution is 8.00. The summed E-state index contributed by atoms with van der Waals surface area (Å²) < 4.78 is 0. The molecule has 2 rings (SSSR count). The highest BCUT2D eigenvalue weighted by atomic mass is 32.2. The van der Waals surface area contributed by atoms with Crippen molar-refractivity contribution in [1.82, 2.24) is 0 Å². The zero-order valence-corrected chi connectivity index (χ0v) is 13.4. The predicted octanol–water partition coefficient (Wildman–Crippen LogP) is 1.42. The van der Waals surface area contributed by atoms with E-state index in [0.717, 1.165) is 10.5 Å². The number of nitrogens with one attached hydrogen (secondary N) is 1. The quantitative estimate of drug-likeness (QED) is 0.288. The molecule has 114 valence electrons. The maximum Gasteiger partial charge on any atom is 0.370 e. The van der Waals surface area contributed by atoms with Gasteiger partial charge in [0.1, 0.15) is 5.25 Å². The van der Waals surface area contributed by atoms with Gasteiger partial charge >= 0.3 is 11.8 Å². The number of carbonyl (C=O) groups is 1. The third-order valence-electron chi connectivity index (χ3n) is 3.01. The Hall–Kier alpha value is -2.27. The number of thioether (sulfide) groups is 1. The number of rotatable bonds is 5. The highest BCUT2D eigenvalue weighted by Gasteiger charge is 2.18. The standard InChI is InChI=1S/C17H18N2O2S/c1-12-8-10-15(11-9-12)22-13(2)17(20)21-19-16(18)14-6-4-3-5-7-14/h3-11,13H,1-2H3,(H2,18,19)/p+1/t13-/m0/s1. The third-order valence-corrected chi connectivity index (χ3v) is 4.10. The van der Waals surface area contributed by atoms with Gasteiger partial charge in [0.25, 0.3) is 0 Å². The monoisotopic (exact) mass is 315 g/mol. The van der Waals surface area contributed by atoms with Gasteiger partial charge in [0.15, 0.2) is 0 Å². The maximum atomic E-state index is 12.0. The molecule has 0 saturated carbocycles. The minimum atomic E-state index is -0.371. The van der Waals surface area contributed by atoms with Crippen LogP contribution in [0.15, 0.2) is 59.5 Å². The highest BCUT2D eigenvalue weighted by Crippen LogP contribution is 2.23. The normalized spacial score (nSPS) is 12.7. The molecule has 0 spiro atoms. The molecule has 0 aromatic heterocycles. The van der Waals surface area contributed by atoms with Crippen LogP contribution >= 0.6 is 11.8 Å². The van der Waals surface area contributed by atoms with Crippen LogP contribution < -0.4 is 10.9 Å². The molecule has 0 fully saturated rings. The second-order valence-electron chi connectivity index (χ2n) is 4.88. The van der Waals surface area contributed by atoms with E-state index in [0.29, 0.717) is 5.84 Å². The molecule has 1 atom stereocenters. The van der Waals surface area contributed by atoms with E-state index in [1.165, 1.54) is 17.3 Å². The lowest BCUT2D eigenvalue weighted by molar-refractivity contribution is -0.723. The van der Waals surface area contributed by atoms with Crippen molar-refractivity contribution in [3.05, 3.63) is 65.7 Å². The van der Waals surface area contributed by atoms with Crippen LogP contribution in [0, 0.1) is 6.92 Å². The third kappa shape index (κ3) is 4.63. The Kier molecular flexibility index (Phi) is 5.61. The molecule has 4 nitrogen and oxygen atoms in total. The maximum absolute atomic E-state index is 12.0. The largest absolute Gasteiger partial charge is 0.370 e. The zero-order valence-electron chi connectivity index (χ0n) is 12.6. The van der Waals surface area contributed by atoms with Gasteiger partial charge < -0.3 is 0 Å². The van der Waals surface area contributed by atoms with E-state index in [1.807, 2.05) is 61.5 Å². The first-order valence-corrected chi connectivity index (χ1v) is 7.82. The first-order chi connectivity index (χ1) is 10.6. The molecule has 0 aliphatic carbocycles. The number of hydrogen-bond acceptors (Lipinski definition) is 3. The Bertz CT molecular complexity index is 654. The predicted molar refractivity (Wildman–Crippen MR) is 88.3 cm³/mol. The lowest BCUT2D eigenvalue weighted by atomic mass is 10.2. The number of hydrogen-bond donors (Lipinski definition) is 2. The van der Waals surface area contributed by atoms with E-state index >= 15 is 0 Å². The molecule has 0 radical (unpaired) electrons. The van der Waals surface area contributed by atoms with E-state index < -0.39 is 0 Å². The van der Waals surface area contributed by atoms with Crippen LogP contribution in [-0.2, 0) is 9.63 Å². The molecule has 0 heterocycles. The van der Waals surface area contributed by atoms with Gasteiger partial charge in [-0.15, -0.1) is 11.8 Å². The van der Waals surface area contributed by atoms with Crippen molar-refractivity contribution in [3.8, 4) is 0 Å². The Balaban J connectivity index is 1.92. The molecule has 0 unspecified atom stereocenters. The fraction of sp³-hybridized carbons (Fsp3) is 0.176. The molecule has 0 bridgehead atoms. The van der Waals surface area contributed by atoms with Crippen molar-refractivity contribution in [3.63, 3.8) is 0 Å². The van der Waals surface area contributed by atoms with Gasteiger partial charge in [-0.2, -0.15) is 0 Å². The van der Waals surface area contributed by atoms with Crippen LogP contribution in [0.2, 0.25) is 0 Å². The van der Waals surface area contributed by atoms with Crippen molar-refractivity contribution in [2.45, 2.75) is 24.0 Å². The summed E-state index contributed by atoms with van der Waals surface area (Å²) in [4.78, 5) is 18.0. The van der Waals surface area contributed by atoms with Crippen molar-refractivity contribution in [2.75, 3.05) is 0 Å². The lowest BCUT2D eigenvalue weighted by Gasteiger charge is -2.07. The topological polar surface area (TPSA) is 66.3 Å².